The van der Waals surface area contributed by atoms with Crippen LogP contribution in [0.3, 0.4) is 0 Å². The van der Waals surface area contributed by atoms with Crippen molar-refractivity contribution >= 4 is 17.7 Å². The molecule has 0 aliphatic carbocycles. The number of hydrogen-bond donors (Lipinski definition) is 0. The fraction of sp³-hybridized carbons (Fsp3) is 0.250. The molecule has 0 N–H and O–H groups in total. The third kappa shape index (κ3) is 4.38. The van der Waals surface area contributed by atoms with Crippen molar-refractivity contribution in [2.75, 3.05) is 38.2 Å². The molecule has 1 aliphatic rings. The second-order valence-electron chi connectivity index (χ2n) is 5.90. The van der Waals surface area contributed by atoms with Crippen LogP contribution in [-0.4, -0.2) is 44.1 Å². The Morgan fingerprint density at radius 3 is 2.48 bits per heavy atom. The normalized spacial score (nSPS) is 14.8. The van der Waals surface area contributed by atoms with Crippen LogP contribution in [0, 0.1) is 5.82 Å². The zero-order valence-electron chi connectivity index (χ0n) is 14.2. The maximum absolute atomic E-state index is 12.9. The van der Waals surface area contributed by atoms with Gasteiger partial charge in [-0.1, -0.05) is 18.2 Å². The van der Waals surface area contributed by atoms with Gasteiger partial charge in [-0.3, -0.25) is 4.79 Å². The van der Waals surface area contributed by atoms with E-state index in [1.165, 1.54) is 12.1 Å². The van der Waals surface area contributed by atoms with Crippen LogP contribution in [0.1, 0.15) is 5.56 Å². The summed E-state index contributed by atoms with van der Waals surface area (Å²) >= 11 is 0. The van der Waals surface area contributed by atoms with Gasteiger partial charge in [0.2, 0.25) is 5.91 Å². The molecule has 5 heteroatoms. The highest BCUT2D eigenvalue weighted by atomic mass is 19.1. The highest BCUT2D eigenvalue weighted by Gasteiger charge is 2.20. The van der Waals surface area contributed by atoms with Gasteiger partial charge in [0.05, 0.1) is 7.11 Å². The summed E-state index contributed by atoms with van der Waals surface area (Å²) in [6, 6.07) is 14.0. The Kier molecular flexibility index (Phi) is 5.33. The third-order valence-electron chi connectivity index (χ3n) is 4.30. The van der Waals surface area contributed by atoms with Gasteiger partial charge < -0.3 is 14.5 Å². The molecule has 0 saturated carbocycles. The van der Waals surface area contributed by atoms with Crippen molar-refractivity contribution in [3.8, 4) is 5.75 Å². The van der Waals surface area contributed by atoms with Gasteiger partial charge in [-0.2, -0.15) is 0 Å². The standard InChI is InChI=1S/C20H21FN2O2/c1-25-19-4-2-3-18(15-19)22-11-13-23(14-12-22)20(24)10-7-16-5-8-17(21)9-6-16/h2-10,15H,11-14H2,1H3. The van der Waals surface area contributed by atoms with Crippen LogP contribution in [-0.2, 0) is 4.79 Å². The van der Waals surface area contributed by atoms with Crippen LogP contribution in [0.2, 0.25) is 0 Å². The Morgan fingerprint density at radius 2 is 1.80 bits per heavy atom. The summed E-state index contributed by atoms with van der Waals surface area (Å²) in [7, 11) is 1.66. The number of piperazine rings is 1. The maximum atomic E-state index is 12.9. The molecule has 0 atom stereocenters. The Bertz CT molecular complexity index is 751. The minimum atomic E-state index is -0.280. The van der Waals surface area contributed by atoms with Crippen LogP contribution >= 0.6 is 0 Å². The predicted molar refractivity (Wildman–Crippen MR) is 97.2 cm³/mol. The lowest BCUT2D eigenvalue weighted by molar-refractivity contribution is -0.126. The fourth-order valence-electron chi connectivity index (χ4n) is 2.84. The topological polar surface area (TPSA) is 32.8 Å². The average molecular weight is 340 g/mol. The number of nitrogens with zero attached hydrogens (tertiary/aromatic N) is 2. The van der Waals surface area contributed by atoms with E-state index < -0.39 is 0 Å². The number of methoxy groups -OCH3 is 1. The third-order valence-corrected chi connectivity index (χ3v) is 4.30. The number of halogens is 1. The molecule has 25 heavy (non-hydrogen) atoms. The Labute approximate surface area is 147 Å². The van der Waals surface area contributed by atoms with Crippen molar-refractivity contribution in [2.45, 2.75) is 0 Å². The zero-order chi connectivity index (χ0) is 17.6. The largest absolute Gasteiger partial charge is 0.497 e. The van der Waals surface area contributed by atoms with Gasteiger partial charge in [0.25, 0.3) is 0 Å². The van der Waals surface area contributed by atoms with E-state index in [0.29, 0.717) is 13.1 Å². The fourth-order valence-corrected chi connectivity index (χ4v) is 2.84. The number of ether oxygens (including phenoxy) is 1. The Balaban J connectivity index is 1.56. The second-order valence-corrected chi connectivity index (χ2v) is 5.90. The molecule has 3 rings (SSSR count). The van der Waals surface area contributed by atoms with Gasteiger partial charge in [-0.05, 0) is 35.9 Å². The summed E-state index contributed by atoms with van der Waals surface area (Å²) in [5.41, 5.74) is 1.91. The summed E-state index contributed by atoms with van der Waals surface area (Å²) < 4.78 is 18.2. The molecule has 0 spiro atoms. The SMILES string of the molecule is COc1cccc(N2CCN(C(=O)C=Cc3ccc(F)cc3)CC2)c1. The van der Waals surface area contributed by atoms with E-state index >= 15 is 0 Å². The monoisotopic (exact) mass is 340 g/mol. The minimum absolute atomic E-state index is 0.0189. The molecule has 1 heterocycles. The number of anilines is 1. The van der Waals surface area contributed by atoms with E-state index in [-0.39, 0.29) is 11.7 Å². The summed E-state index contributed by atoms with van der Waals surface area (Å²) in [5, 5.41) is 0. The number of carbonyl (C=O) groups is 1. The molecule has 1 fully saturated rings. The summed E-state index contributed by atoms with van der Waals surface area (Å²) in [6.07, 6.45) is 3.27. The number of benzene rings is 2. The minimum Gasteiger partial charge on any atom is -0.497 e. The maximum Gasteiger partial charge on any atom is 0.246 e. The molecular formula is C20H21FN2O2. The number of amides is 1. The molecule has 1 saturated heterocycles. The van der Waals surface area contributed by atoms with Gasteiger partial charge in [-0.25, -0.2) is 4.39 Å². The molecular weight excluding hydrogens is 319 g/mol. The Morgan fingerprint density at radius 1 is 1.08 bits per heavy atom. The van der Waals surface area contributed by atoms with Crippen LogP contribution in [0.5, 0.6) is 5.75 Å². The first kappa shape index (κ1) is 17.0. The summed E-state index contributed by atoms with van der Waals surface area (Å²) in [5.74, 6) is 0.532. The van der Waals surface area contributed by atoms with E-state index in [4.69, 9.17) is 4.74 Å². The first-order valence-corrected chi connectivity index (χ1v) is 8.27. The van der Waals surface area contributed by atoms with Crippen LogP contribution in [0.4, 0.5) is 10.1 Å². The smallest absolute Gasteiger partial charge is 0.246 e. The highest BCUT2D eigenvalue weighted by Crippen LogP contribution is 2.22. The number of rotatable bonds is 4. The van der Waals surface area contributed by atoms with Crippen LogP contribution < -0.4 is 9.64 Å². The molecule has 2 aromatic carbocycles. The Hall–Kier alpha value is -2.82. The molecule has 2 aromatic rings. The summed E-state index contributed by atoms with van der Waals surface area (Å²) in [4.78, 5) is 16.4. The first-order valence-electron chi connectivity index (χ1n) is 8.27. The van der Waals surface area contributed by atoms with Crippen molar-refractivity contribution in [2.24, 2.45) is 0 Å². The molecule has 0 radical (unpaired) electrons. The molecule has 130 valence electrons. The molecule has 0 aromatic heterocycles. The second kappa shape index (κ2) is 7.83. The van der Waals surface area contributed by atoms with Crippen LogP contribution in [0.25, 0.3) is 6.08 Å². The quantitative estimate of drug-likeness (QED) is 0.802. The van der Waals surface area contributed by atoms with Gasteiger partial charge in [0.1, 0.15) is 11.6 Å². The summed E-state index contributed by atoms with van der Waals surface area (Å²) in [6.45, 7) is 2.90. The lowest BCUT2D eigenvalue weighted by Gasteiger charge is -2.35. The van der Waals surface area contributed by atoms with Gasteiger partial charge >= 0.3 is 0 Å². The molecule has 0 bridgehead atoms. The van der Waals surface area contributed by atoms with Crippen molar-refractivity contribution in [3.05, 3.63) is 66.0 Å². The van der Waals surface area contributed by atoms with Crippen molar-refractivity contribution < 1.29 is 13.9 Å². The average Bonchev–Trinajstić information content (AvgIpc) is 2.67. The zero-order valence-corrected chi connectivity index (χ0v) is 14.2. The first-order chi connectivity index (χ1) is 12.2. The number of carbonyl (C=O) groups excluding carboxylic acids is 1. The van der Waals surface area contributed by atoms with E-state index in [0.717, 1.165) is 30.1 Å². The lowest BCUT2D eigenvalue weighted by atomic mass is 10.2. The van der Waals surface area contributed by atoms with Crippen molar-refractivity contribution in [1.82, 2.24) is 4.90 Å². The van der Waals surface area contributed by atoms with Crippen LogP contribution in [0.15, 0.2) is 54.6 Å². The molecule has 1 aliphatic heterocycles. The van der Waals surface area contributed by atoms with E-state index in [2.05, 4.69) is 11.0 Å². The van der Waals surface area contributed by atoms with Crippen molar-refractivity contribution in [1.29, 1.82) is 0 Å². The van der Waals surface area contributed by atoms with Gasteiger partial charge in [0, 0.05) is 44.0 Å². The van der Waals surface area contributed by atoms with E-state index in [9.17, 15) is 9.18 Å². The number of hydrogen-bond acceptors (Lipinski definition) is 3. The van der Waals surface area contributed by atoms with E-state index in [1.54, 1.807) is 31.4 Å². The molecule has 4 nitrogen and oxygen atoms in total. The van der Waals surface area contributed by atoms with Gasteiger partial charge in [-0.15, -0.1) is 0 Å². The van der Waals surface area contributed by atoms with Crippen molar-refractivity contribution in [3.63, 3.8) is 0 Å². The highest BCUT2D eigenvalue weighted by molar-refractivity contribution is 5.92. The predicted octanol–water partition coefficient (Wildman–Crippen LogP) is 3.20. The molecule has 0 unspecified atom stereocenters. The lowest BCUT2D eigenvalue weighted by Crippen LogP contribution is -2.48. The van der Waals surface area contributed by atoms with Gasteiger partial charge in [0.15, 0.2) is 0 Å². The molecule has 1 amide bonds. The van der Waals surface area contributed by atoms with E-state index in [1.807, 2.05) is 23.1 Å².